The summed E-state index contributed by atoms with van der Waals surface area (Å²) in [6.07, 6.45) is 0. The standard InChI is InChI=1S/C12H11ClFN3O2S/c13-8-5-4-7(6-9(8)14)17-10-2-1-3-11(12(10)15)20(16,18)19/h1-6,17H,15H2,(H2,16,18,19). The molecule has 0 radical (unpaired) electrons. The second-order valence-corrected chi connectivity index (χ2v) is 5.95. The lowest BCUT2D eigenvalue weighted by molar-refractivity contribution is 0.598. The number of hydrogen-bond donors (Lipinski definition) is 3. The first-order valence-electron chi connectivity index (χ1n) is 5.42. The molecule has 8 heteroatoms. The fourth-order valence-electron chi connectivity index (χ4n) is 1.63. The molecule has 0 aliphatic carbocycles. The number of nitrogen functional groups attached to an aromatic ring is 1. The smallest absolute Gasteiger partial charge is 0.240 e. The molecule has 2 aromatic rings. The number of nitrogens with two attached hydrogens (primary N) is 2. The van der Waals surface area contributed by atoms with Crippen molar-refractivity contribution in [3.05, 3.63) is 47.2 Å². The first-order valence-corrected chi connectivity index (χ1v) is 7.35. The van der Waals surface area contributed by atoms with Crippen molar-refractivity contribution in [1.82, 2.24) is 0 Å². The van der Waals surface area contributed by atoms with Crippen molar-refractivity contribution in [3.8, 4) is 0 Å². The van der Waals surface area contributed by atoms with E-state index in [-0.39, 0.29) is 15.6 Å². The second-order valence-electron chi connectivity index (χ2n) is 4.02. The van der Waals surface area contributed by atoms with Crippen LogP contribution in [0.1, 0.15) is 0 Å². The van der Waals surface area contributed by atoms with Crippen LogP contribution in [0.4, 0.5) is 21.5 Å². The van der Waals surface area contributed by atoms with Gasteiger partial charge in [-0.25, -0.2) is 17.9 Å². The van der Waals surface area contributed by atoms with Crippen LogP contribution in [-0.2, 0) is 10.0 Å². The van der Waals surface area contributed by atoms with Gasteiger partial charge in [0.15, 0.2) is 0 Å². The van der Waals surface area contributed by atoms with E-state index in [0.717, 1.165) is 0 Å². The van der Waals surface area contributed by atoms with Gasteiger partial charge in [-0.05, 0) is 30.3 Å². The summed E-state index contributed by atoms with van der Waals surface area (Å²) in [6, 6.07) is 8.40. The third-order valence-corrected chi connectivity index (χ3v) is 3.85. The highest BCUT2D eigenvalue weighted by Crippen LogP contribution is 2.29. The number of primary sulfonamides is 1. The number of nitrogens with one attached hydrogen (secondary N) is 1. The molecular formula is C12H11ClFN3O2S. The van der Waals surface area contributed by atoms with Crippen LogP contribution in [0.2, 0.25) is 5.02 Å². The zero-order valence-electron chi connectivity index (χ0n) is 10.1. The molecule has 2 aromatic carbocycles. The number of halogens is 2. The van der Waals surface area contributed by atoms with E-state index in [4.69, 9.17) is 22.5 Å². The van der Waals surface area contributed by atoms with E-state index in [1.54, 1.807) is 6.07 Å². The third-order valence-electron chi connectivity index (χ3n) is 2.57. The minimum atomic E-state index is -3.92. The van der Waals surface area contributed by atoms with Gasteiger partial charge in [0.25, 0.3) is 0 Å². The Bertz CT molecular complexity index is 765. The maximum Gasteiger partial charge on any atom is 0.240 e. The summed E-state index contributed by atoms with van der Waals surface area (Å²) in [5, 5.41) is 7.85. The van der Waals surface area contributed by atoms with Gasteiger partial charge in [-0.2, -0.15) is 0 Å². The number of sulfonamides is 1. The van der Waals surface area contributed by atoms with Crippen LogP contribution < -0.4 is 16.2 Å². The SMILES string of the molecule is Nc1c(Nc2ccc(Cl)c(F)c2)cccc1S(N)(=O)=O. The summed E-state index contributed by atoms with van der Waals surface area (Å²) in [5.74, 6) is -0.599. The molecule has 0 spiro atoms. The molecular weight excluding hydrogens is 305 g/mol. The predicted molar refractivity (Wildman–Crippen MR) is 76.9 cm³/mol. The van der Waals surface area contributed by atoms with Gasteiger partial charge in [0, 0.05) is 5.69 Å². The van der Waals surface area contributed by atoms with E-state index in [1.807, 2.05) is 0 Å². The normalized spacial score (nSPS) is 11.3. The average molecular weight is 316 g/mol. The quantitative estimate of drug-likeness (QED) is 0.758. The Kier molecular flexibility index (Phi) is 3.85. The molecule has 2 rings (SSSR count). The first kappa shape index (κ1) is 14.6. The Morgan fingerprint density at radius 3 is 2.50 bits per heavy atom. The largest absolute Gasteiger partial charge is 0.396 e. The first-order chi connectivity index (χ1) is 9.29. The van der Waals surface area contributed by atoms with Gasteiger partial charge in [-0.1, -0.05) is 17.7 Å². The summed E-state index contributed by atoms with van der Waals surface area (Å²) in [4.78, 5) is -0.197. The highest BCUT2D eigenvalue weighted by Gasteiger charge is 2.15. The van der Waals surface area contributed by atoms with Crippen LogP contribution in [-0.4, -0.2) is 8.42 Å². The third kappa shape index (κ3) is 3.01. The maximum absolute atomic E-state index is 13.3. The lowest BCUT2D eigenvalue weighted by atomic mass is 10.2. The van der Waals surface area contributed by atoms with Gasteiger partial charge < -0.3 is 11.1 Å². The second kappa shape index (κ2) is 5.28. The fourth-order valence-corrected chi connectivity index (χ4v) is 2.43. The zero-order valence-corrected chi connectivity index (χ0v) is 11.7. The molecule has 0 unspecified atom stereocenters. The molecule has 5 N–H and O–H groups in total. The number of anilines is 3. The van der Waals surface area contributed by atoms with Gasteiger partial charge in [0.1, 0.15) is 10.7 Å². The van der Waals surface area contributed by atoms with Crippen LogP contribution in [0.25, 0.3) is 0 Å². The zero-order chi connectivity index (χ0) is 14.9. The molecule has 0 heterocycles. The van der Waals surface area contributed by atoms with E-state index < -0.39 is 15.8 Å². The van der Waals surface area contributed by atoms with Gasteiger partial charge >= 0.3 is 0 Å². The molecule has 20 heavy (non-hydrogen) atoms. The fraction of sp³-hybridized carbons (Fsp3) is 0. The minimum absolute atomic E-state index is 0.0122. The molecule has 0 amide bonds. The molecule has 0 fully saturated rings. The van der Waals surface area contributed by atoms with Crippen molar-refractivity contribution < 1.29 is 12.8 Å². The van der Waals surface area contributed by atoms with Crippen LogP contribution in [0.15, 0.2) is 41.3 Å². The van der Waals surface area contributed by atoms with Gasteiger partial charge in [0.05, 0.1) is 16.4 Å². The minimum Gasteiger partial charge on any atom is -0.396 e. The number of hydrogen-bond acceptors (Lipinski definition) is 4. The molecule has 0 atom stereocenters. The number of para-hydroxylation sites is 1. The predicted octanol–water partition coefficient (Wildman–Crippen LogP) is 2.45. The molecule has 0 aliphatic rings. The van der Waals surface area contributed by atoms with Crippen molar-refractivity contribution >= 4 is 38.7 Å². The Hall–Kier alpha value is -1.83. The summed E-state index contributed by atoms with van der Waals surface area (Å²) < 4.78 is 36.0. The summed E-state index contributed by atoms with van der Waals surface area (Å²) in [7, 11) is -3.92. The van der Waals surface area contributed by atoms with Crippen LogP contribution >= 0.6 is 11.6 Å². The molecule has 0 aliphatic heterocycles. The maximum atomic E-state index is 13.3. The van der Waals surface area contributed by atoms with Crippen LogP contribution in [0.3, 0.4) is 0 Å². The molecule has 0 bridgehead atoms. The Balaban J connectivity index is 2.42. The molecule has 0 aromatic heterocycles. The van der Waals surface area contributed by atoms with Gasteiger partial charge in [-0.3, -0.25) is 0 Å². The van der Waals surface area contributed by atoms with Crippen LogP contribution in [0, 0.1) is 5.82 Å². The van der Waals surface area contributed by atoms with E-state index in [1.165, 1.54) is 30.3 Å². The van der Waals surface area contributed by atoms with Crippen molar-refractivity contribution in [1.29, 1.82) is 0 Å². The summed E-state index contributed by atoms with van der Waals surface area (Å²) >= 11 is 5.58. The highest BCUT2D eigenvalue weighted by atomic mass is 35.5. The van der Waals surface area contributed by atoms with Crippen LogP contribution in [0.5, 0.6) is 0 Å². The lowest BCUT2D eigenvalue weighted by Crippen LogP contribution is -2.15. The summed E-state index contributed by atoms with van der Waals surface area (Å²) in [6.45, 7) is 0. The average Bonchev–Trinajstić information content (AvgIpc) is 2.35. The molecule has 0 saturated heterocycles. The van der Waals surface area contributed by atoms with Gasteiger partial charge in [0.2, 0.25) is 10.0 Å². The van der Waals surface area contributed by atoms with E-state index >= 15 is 0 Å². The number of benzene rings is 2. The Morgan fingerprint density at radius 1 is 1.20 bits per heavy atom. The topological polar surface area (TPSA) is 98.2 Å². The molecule has 0 saturated carbocycles. The van der Waals surface area contributed by atoms with Crippen molar-refractivity contribution in [2.24, 2.45) is 5.14 Å². The van der Waals surface area contributed by atoms with Crippen molar-refractivity contribution in [2.75, 3.05) is 11.1 Å². The summed E-state index contributed by atoms with van der Waals surface area (Å²) in [5.41, 5.74) is 6.39. The Labute approximate surface area is 120 Å². The molecule has 106 valence electrons. The number of rotatable bonds is 3. The lowest BCUT2D eigenvalue weighted by Gasteiger charge is -2.12. The monoisotopic (exact) mass is 315 g/mol. The van der Waals surface area contributed by atoms with E-state index in [9.17, 15) is 12.8 Å². The van der Waals surface area contributed by atoms with E-state index in [2.05, 4.69) is 5.32 Å². The molecule has 5 nitrogen and oxygen atoms in total. The van der Waals surface area contributed by atoms with Crippen molar-refractivity contribution in [3.63, 3.8) is 0 Å². The van der Waals surface area contributed by atoms with Crippen molar-refractivity contribution in [2.45, 2.75) is 4.90 Å². The highest BCUT2D eigenvalue weighted by molar-refractivity contribution is 7.89. The Morgan fingerprint density at radius 2 is 1.90 bits per heavy atom. The van der Waals surface area contributed by atoms with E-state index in [0.29, 0.717) is 11.4 Å². The van der Waals surface area contributed by atoms with Gasteiger partial charge in [-0.15, -0.1) is 0 Å².